The van der Waals surface area contributed by atoms with Gasteiger partial charge in [0.25, 0.3) is 11.8 Å². The monoisotopic (exact) mass is 396 g/mol. The molecule has 0 radical (unpaired) electrons. The van der Waals surface area contributed by atoms with Gasteiger partial charge in [0.2, 0.25) is 0 Å². The van der Waals surface area contributed by atoms with Crippen molar-refractivity contribution in [3.63, 3.8) is 0 Å². The van der Waals surface area contributed by atoms with E-state index in [0.29, 0.717) is 33.0 Å². The van der Waals surface area contributed by atoms with Crippen LogP contribution in [0.3, 0.4) is 0 Å². The molecule has 2 N–H and O–H groups in total. The highest BCUT2D eigenvalue weighted by atomic mass is 16.5. The Morgan fingerprint density at radius 1 is 1.14 bits per heavy atom. The van der Waals surface area contributed by atoms with Gasteiger partial charge in [0.1, 0.15) is 6.54 Å². The SMILES string of the molecule is CCOC(=O)c1c(C)[nH]c(/C=C2\C(=O)N(CC(=O)O)C(=O)c3ccccc32)c1C. The zero-order chi connectivity index (χ0) is 21.3. The molecule has 0 fully saturated rings. The third kappa shape index (κ3) is 3.56. The maximum atomic E-state index is 12.9. The predicted molar refractivity (Wildman–Crippen MR) is 104 cm³/mol. The van der Waals surface area contributed by atoms with E-state index in [1.165, 1.54) is 6.08 Å². The van der Waals surface area contributed by atoms with Crippen molar-refractivity contribution < 1.29 is 29.0 Å². The summed E-state index contributed by atoms with van der Waals surface area (Å²) in [7, 11) is 0. The minimum absolute atomic E-state index is 0.168. The number of amides is 2. The van der Waals surface area contributed by atoms with Crippen molar-refractivity contribution in [1.29, 1.82) is 0 Å². The molecule has 0 unspecified atom stereocenters. The van der Waals surface area contributed by atoms with Gasteiger partial charge in [0.15, 0.2) is 0 Å². The molecule has 2 heterocycles. The molecular formula is C21H20N2O6. The van der Waals surface area contributed by atoms with Crippen LogP contribution in [-0.4, -0.2) is 51.9 Å². The van der Waals surface area contributed by atoms with E-state index in [1.54, 1.807) is 45.0 Å². The summed E-state index contributed by atoms with van der Waals surface area (Å²) in [5.41, 5.74) is 2.89. The number of carboxylic acids is 1. The molecule has 0 bridgehead atoms. The molecule has 0 saturated carbocycles. The van der Waals surface area contributed by atoms with Crippen LogP contribution in [-0.2, 0) is 14.3 Å². The van der Waals surface area contributed by atoms with E-state index >= 15 is 0 Å². The summed E-state index contributed by atoms with van der Waals surface area (Å²) < 4.78 is 5.08. The number of benzene rings is 1. The Hall–Kier alpha value is -3.68. The molecular weight excluding hydrogens is 376 g/mol. The van der Waals surface area contributed by atoms with Crippen LogP contribution >= 0.6 is 0 Å². The van der Waals surface area contributed by atoms with Gasteiger partial charge in [0.05, 0.1) is 17.7 Å². The number of hydrogen-bond acceptors (Lipinski definition) is 5. The topological polar surface area (TPSA) is 117 Å². The third-order valence-corrected chi connectivity index (χ3v) is 4.71. The number of imide groups is 1. The zero-order valence-corrected chi connectivity index (χ0v) is 16.2. The number of aromatic amines is 1. The van der Waals surface area contributed by atoms with E-state index in [4.69, 9.17) is 9.84 Å². The number of aromatic nitrogens is 1. The molecule has 2 aromatic rings. The Kier molecular flexibility index (Phi) is 5.36. The zero-order valence-electron chi connectivity index (χ0n) is 16.2. The number of carboxylic acid groups (broad SMARTS) is 1. The predicted octanol–water partition coefficient (Wildman–Crippen LogP) is 2.42. The van der Waals surface area contributed by atoms with Crippen LogP contribution in [0.15, 0.2) is 24.3 Å². The molecule has 29 heavy (non-hydrogen) atoms. The number of esters is 1. The number of nitrogens with zero attached hydrogens (tertiary/aromatic N) is 1. The second kappa shape index (κ2) is 7.75. The maximum Gasteiger partial charge on any atom is 0.340 e. The lowest BCUT2D eigenvalue weighted by molar-refractivity contribution is -0.141. The number of fused-ring (bicyclic) bond motifs is 1. The van der Waals surface area contributed by atoms with Crippen molar-refractivity contribution in [3.8, 4) is 0 Å². The van der Waals surface area contributed by atoms with E-state index in [-0.39, 0.29) is 17.7 Å². The second-order valence-electron chi connectivity index (χ2n) is 6.58. The molecule has 2 amide bonds. The number of aryl methyl sites for hydroxylation is 1. The number of aliphatic carboxylic acids is 1. The van der Waals surface area contributed by atoms with Crippen molar-refractivity contribution in [2.45, 2.75) is 20.8 Å². The standard InChI is InChI=1S/C21H20N2O6/c1-4-29-21(28)18-11(2)16(22-12(18)3)9-15-13-7-5-6-8-14(13)19(26)23(20(15)27)10-17(24)25/h5-9,22H,4,10H2,1-3H3,(H,24,25)/b15-9-. The van der Waals surface area contributed by atoms with E-state index < -0.39 is 30.3 Å². The van der Waals surface area contributed by atoms with Crippen LogP contribution < -0.4 is 0 Å². The molecule has 0 spiro atoms. The Morgan fingerprint density at radius 3 is 2.41 bits per heavy atom. The van der Waals surface area contributed by atoms with E-state index in [2.05, 4.69) is 4.98 Å². The first kappa shape index (κ1) is 20.1. The van der Waals surface area contributed by atoms with E-state index in [1.807, 2.05) is 0 Å². The fourth-order valence-corrected chi connectivity index (χ4v) is 3.39. The van der Waals surface area contributed by atoms with Gasteiger partial charge in [-0.1, -0.05) is 18.2 Å². The van der Waals surface area contributed by atoms with Crippen LogP contribution in [0, 0.1) is 13.8 Å². The van der Waals surface area contributed by atoms with Crippen molar-refractivity contribution in [1.82, 2.24) is 9.88 Å². The van der Waals surface area contributed by atoms with Crippen LogP contribution in [0.5, 0.6) is 0 Å². The highest BCUT2D eigenvalue weighted by Crippen LogP contribution is 2.31. The second-order valence-corrected chi connectivity index (χ2v) is 6.58. The number of carbonyl (C=O) groups is 4. The maximum absolute atomic E-state index is 12.9. The third-order valence-electron chi connectivity index (χ3n) is 4.71. The van der Waals surface area contributed by atoms with Crippen molar-refractivity contribution in [2.75, 3.05) is 13.2 Å². The van der Waals surface area contributed by atoms with Gasteiger partial charge < -0.3 is 14.8 Å². The molecule has 1 aromatic heterocycles. The van der Waals surface area contributed by atoms with Gasteiger partial charge in [-0.2, -0.15) is 0 Å². The number of carbonyl (C=O) groups excluding carboxylic acids is 3. The van der Waals surface area contributed by atoms with Gasteiger partial charge in [-0.3, -0.25) is 19.3 Å². The van der Waals surface area contributed by atoms with Crippen LogP contribution in [0.25, 0.3) is 11.6 Å². The summed E-state index contributed by atoms with van der Waals surface area (Å²) in [5.74, 6) is -3.12. The smallest absolute Gasteiger partial charge is 0.340 e. The Labute approximate surface area is 166 Å². The number of hydrogen-bond donors (Lipinski definition) is 2. The lowest BCUT2D eigenvalue weighted by Gasteiger charge is -2.27. The van der Waals surface area contributed by atoms with Crippen molar-refractivity contribution in [3.05, 3.63) is 57.9 Å². The van der Waals surface area contributed by atoms with Gasteiger partial charge in [-0.15, -0.1) is 0 Å². The first-order valence-corrected chi connectivity index (χ1v) is 9.01. The lowest BCUT2D eigenvalue weighted by Crippen LogP contribution is -2.44. The Morgan fingerprint density at radius 2 is 1.79 bits per heavy atom. The average Bonchev–Trinajstić information content (AvgIpc) is 2.95. The highest BCUT2D eigenvalue weighted by molar-refractivity contribution is 6.34. The minimum atomic E-state index is -1.29. The molecule has 150 valence electrons. The summed E-state index contributed by atoms with van der Waals surface area (Å²) in [4.78, 5) is 52.7. The molecule has 1 aliphatic rings. The molecule has 0 saturated heterocycles. The molecule has 1 aliphatic heterocycles. The van der Waals surface area contributed by atoms with Gasteiger partial charge in [0, 0.05) is 22.5 Å². The molecule has 3 rings (SSSR count). The summed E-state index contributed by atoms with van der Waals surface area (Å²) >= 11 is 0. The summed E-state index contributed by atoms with van der Waals surface area (Å²) in [6, 6.07) is 6.51. The van der Waals surface area contributed by atoms with Crippen molar-refractivity contribution in [2.24, 2.45) is 0 Å². The van der Waals surface area contributed by atoms with Gasteiger partial charge in [-0.05, 0) is 38.5 Å². The quantitative estimate of drug-likeness (QED) is 0.455. The Bertz CT molecular complexity index is 1060. The fraction of sp³-hybridized carbons (Fsp3) is 0.238. The summed E-state index contributed by atoms with van der Waals surface area (Å²) in [5, 5.41) is 9.10. The molecule has 0 aliphatic carbocycles. The van der Waals surface area contributed by atoms with Crippen LogP contribution in [0.4, 0.5) is 0 Å². The van der Waals surface area contributed by atoms with Crippen LogP contribution in [0.1, 0.15) is 50.2 Å². The fourth-order valence-electron chi connectivity index (χ4n) is 3.39. The molecule has 8 nitrogen and oxygen atoms in total. The number of H-pyrrole nitrogens is 1. The number of rotatable bonds is 5. The van der Waals surface area contributed by atoms with Crippen LogP contribution in [0.2, 0.25) is 0 Å². The Balaban J connectivity index is 2.15. The highest BCUT2D eigenvalue weighted by Gasteiger charge is 2.36. The normalized spacial score (nSPS) is 14.9. The van der Waals surface area contributed by atoms with Gasteiger partial charge >= 0.3 is 11.9 Å². The van der Waals surface area contributed by atoms with Gasteiger partial charge in [-0.25, -0.2) is 4.79 Å². The lowest BCUT2D eigenvalue weighted by atomic mass is 9.92. The average molecular weight is 396 g/mol. The molecule has 8 heteroatoms. The van der Waals surface area contributed by atoms with E-state index in [9.17, 15) is 19.2 Å². The number of ether oxygens (including phenoxy) is 1. The first-order chi connectivity index (χ1) is 13.8. The van der Waals surface area contributed by atoms with Crippen molar-refractivity contribution >= 4 is 35.4 Å². The summed E-state index contributed by atoms with van der Waals surface area (Å²) in [6.07, 6.45) is 1.54. The largest absolute Gasteiger partial charge is 0.480 e. The summed E-state index contributed by atoms with van der Waals surface area (Å²) in [6.45, 7) is 4.65. The van der Waals surface area contributed by atoms with E-state index in [0.717, 1.165) is 0 Å². The minimum Gasteiger partial charge on any atom is -0.480 e. The first-order valence-electron chi connectivity index (χ1n) is 9.01. The molecule has 0 atom stereocenters. The molecule has 1 aromatic carbocycles. The number of nitrogens with one attached hydrogen (secondary N) is 1.